The number of rotatable bonds is 4. The van der Waals surface area contributed by atoms with Gasteiger partial charge in [-0.15, -0.1) is 0 Å². The second kappa shape index (κ2) is 8.48. The highest BCUT2D eigenvalue weighted by Gasteiger charge is 2.22. The van der Waals surface area contributed by atoms with E-state index in [1.54, 1.807) is 18.2 Å². The first-order chi connectivity index (χ1) is 15.0. The van der Waals surface area contributed by atoms with E-state index in [0.717, 1.165) is 16.7 Å². The van der Waals surface area contributed by atoms with Gasteiger partial charge >= 0.3 is 6.09 Å². The minimum absolute atomic E-state index is 0.0432. The molecule has 31 heavy (non-hydrogen) atoms. The summed E-state index contributed by atoms with van der Waals surface area (Å²) >= 11 is 0. The number of amides is 1. The Morgan fingerprint density at radius 2 is 2.06 bits per heavy atom. The van der Waals surface area contributed by atoms with Gasteiger partial charge in [-0.1, -0.05) is 23.4 Å². The highest BCUT2D eigenvalue weighted by molar-refractivity contribution is 5.68. The number of aromatic nitrogens is 2. The average Bonchev–Trinajstić information content (AvgIpc) is 3.13. The van der Waals surface area contributed by atoms with Crippen molar-refractivity contribution < 1.29 is 19.2 Å². The molecule has 0 radical (unpaired) electrons. The van der Waals surface area contributed by atoms with Gasteiger partial charge in [-0.05, 0) is 56.0 Å². The van der Waals surface area contributed by atoms with Crippen LogP contribution in [-0.2, 0) is 12.8 Å². The van der Waals surface area contributed by atoms with Crippen LogP contribution in [0.1, 0.15) is 30.5 Å². The predicted octanol–water partition coefficient (Wildman–Crippen LogP) is 4.14. The van der Waals surface area contributed by atoms with Gasteiger partial charge in [0.25, 0.3) is 5.89 Å². The van der Waals surface area contributed by atoms with Crippen molar-refractivity contribution in [3.8, 4) is 34.7 Å². The first-order valence-electron chi connectivity index (χ1n) is 10.1. The van der Waals surface area contributed by atoms with E-state index in [1.165, 1.54) is 4.90 Å². The number of carboxylic acid groups (broad SMARTS) is 1. The number of fused-ring (bicyclic) bond motifs is 1. The molecule has 2 aromatic carbocycles. The smallest absolute Gasteiger partial charge is 0.407 e. The Morgan fingerprint density at radius 3 is 2.81 bits per heavy atom. The van der Waals surface area contributed by atoms with Crippen molar-refractivity contribution in [1.29, 1.82) is 5.26 Å². The Morgan fingerprint density at radius 1 is 1.26 bits per heavy atom. The summed E-state index contributed by atoms with van der Waals surface area (Å²) < 4.78 is 11.2. The summed E-state index contributed by atoms with van der Waals surface area (Å²) in [5, 5.41) is 22.9. The lowest BCUT2D eigenvalue weighted by Crippen LogP contribution is -2.31. The van der Waals surface area contributed by atoms with E-state index in [0.29, 0.717) is 54.5 Å². The standard InChI is InChI=1S/C23H22N4O4/c1-14(2)30-20-7-6-16(12-17(20)13-24)22-25-21(26-31-22)19-5-3-4-15-8-10-27(23(28)29)11-9-18(15)19/h3-7,12,14H,8-11H2,1-2H3,(H,28,29). The van der Waals surface area contributed by atoms with Crippen molar-refractivity contribution >= 4 is 6.09 Å². The summed E-state index contributed by atoms with van der Waals surface area (Å²) in [6.07, 6.45) is 0.276. The first-order valence-corrected chi connectivity index (χ1v) is 10.1. The molecule has 8 nitrogen and oxygen atoms in total. The Labute approximate surface area is 179 Å². The van der Waals surface area contributed by atoms with Crippen LogP contribution in [0.15, 0.2) is 40.9 Å². The third-order valence-electron chi connectivity index (χ3n) is 5.20. The molecule has 1 N–H and O–H groups in total. The van der Waals surface area contributed by atoms with Gasteiger partial charge in [0.1, 0.15) is 11.8 Å². The van der Waals surface area contributed by atoms with Gasteiger partial charge in [0.2, 0.25) is 5.82 Å². The van der Waals surface area contributed by atoms with E-state index in [2.05, 4.69) is 16.2 Å². The highest BCUT2D eigenvalue weighted by Crippen LogP contribution is 2.31. The normalized spacial score (nSPS) is 13.4. The van der Waals surface area contributed by atoms with Crippen LogP contribution in [0.3, 0.4) is 0 Å². The van der Waals surface area contributed by atoms with Crippen LogP contribution < -0.4 is 4.74 Å². The number of benzene rings is 2. The molecule has 0 aliphatic carbocycles. The van der Waals surface area contributed by atoms with Crippen LogP contribution >= 0.6 is 0 Å². The molecular weight excluding hydrogens is 396 g/mol. The Balaban J connectivity index is 1.65. The Kier molecular flexibility index (Phi) is 5.58. The molecule has 4 rings (SSSR count). The molecule has 0 atom stereocenters. The van der Waals surface area contributed by atoms with Gasteiger partial charge in [-0.25, -0.2) is 4.79 Å². The number of hydrogen-bond acceptors (Lipinski definition) is 6. The van der Waals surface area contributed by atoms with Crippen molar-refractivity contribution in [2.75, 3.05) is 13.1 Å². The van der Waals surface area contributed by atoms with Gasteiger partial charge in [0, 0.05) is 24.2 Å². The maximum atomic E-state index is 11.4. The van der Waals surface area contributed by atoms with Crippen molar-refractivity contribution in [3.63, 3.8) is 0 Å². The molecule has 0 spiro atoms. The molecule has 1 aliphatic rings. The van der Waals surface area contributed by atoms with Crippen LogP contribution in [0.25, 0.3) is 22.8 Å². The fourth-order valence-corrected chi connectivity index (χ4v) is 3.74. The summed E-state index contributed by atoms with van der Waals surface area (Å²) in [6.45, 7) is 4.69. The van der Waals surface area contributed by atoms with Crippen LogP contribution in [0.2, 0.25) is 0 Å². The first kappa shape index (κ1) is 20.4. The van der Waals surface area contributed by atoms with Crippen molar-refractivity contribution in [2.45, 2.75) is 32.8 Å². The maximum absolute atomic E-state index is 11.4. The Hall–Kier alpha value is -3.86. The SMILES string of the molecule is CC(C)Oc1ccc(-c2nc(-c3cccc4c3CCN(C(=O)O)CC4)no2)cc1C#N. The number of nitriles is 1. The summed E-state index contributed by atoms with van der Waals surface area (Å²) in [5.74, 6) is 1.26. The number of nitrogens with zero attached hydrogens (tertiary/aromatic N) is 4. The molecule has 0 fully saturated rings. The minimum atomic E-state index is -0.908. The van der Waals surface area contributed by atoms with Crippen LogP contribution in [0.5, 0.6) is 5.75 Å². The third kappa shape index (κ3) is 4.21. The molecule has 158 valence electrons. The molecule has 8 heteroatoms. The van der Waals surface area contributed by atoms with Crippen LogP contribution in [0, 0.1) is 11.3 Å². The van der Waals surface area contributed by atoms with Crippen molar-refractivity contribution in [2.24, 2.45) is 0 Å². The lowest BCUT2D eigenvalue weighted by atomic mass is 9.97. The highest BCUT2D eigenvalue weighted by atomic mass is 16.5. The van der Waals surface area contributed by atoms with Gasteiger partial charge in [0.15, 0.2) is 0 Å². The van der Waals surface area contributed by atoms with E-state index in [9.17, 15) is 15.2 Å². The van der Waals surface area contributed by atoms with E-state index < -0.39 is 6.09 Å². The van der Waals surface area contributed by atoms with Crippen molar-refractivity contribution in [3.05, 3.63) is 53.1 Å². The fourth-order valence-electron chi connectivity index (χ4n) is 3.74. The molecule has 1 amide bonds. The molecule has 0 saturated carbocycles. The van der Waals surface area contributed by atoms with E-state index in [1.807, 2.05) is 32.0 Å². The largest absolute Gasteiger partial charge is 0.490 e. The van der Waals surface area contributed by atoms with E-state index in [4.69, 9.17) is 9.26 Å². The molecule has 0 bridgehead atoms. The summed E-state index contributed by atoms with van der Waals surface area (Å²) in [7, 11) is 0. The van der Waals surface area contributed by atoms with Gasteiger partial charge in [-0.2, -0.15) is 10.2 Å². The van der Waals surface area contributed by atoms with Gasteiger partial charge in [0.05, 0.1) is 11.7 Å². The van der Waals surface area contributed by atoms with Crippen LogP contribution in [0.4, 0.5) is 4.79 Å². The van der Waals surface area contributed by atoms with E-state index >= 15 is 0 Å². The zero-order valence-corrected chi connectivity index (χ0v) is 17.3. The zero-order chi connectivity index (χ0) is 22.0. The lowest BCUT2D eigenvalue weighted by molar-refractivity contribution is 0.147. The van der Waals surface area contributed by atoms with E-state index in [-0.39, 0.29) is 6.10 Å². The third-order valence-corrected chi connectivity index (χ3v) is 5.20. The maximum Gasteiger partial charge on any atom is 0.407 e. The molecule has 0 saturated heterocycles. The van der Waals surface area contributed by atoms with Crippen LogP contribution in [-0.4, -0.2) is 45.4 Å². The molecular formula is C23H22N4O4. The molecule has 2 heterocycles. The summed E-state index contributed by atoms with van der Waals surface area (Å²) in [4.78, 5) is 17.3. The molecule has 3 aromatic rings. The average molecular weight is 418 g/mol. The number of carbonyl (C=O) groups is 1. The quantitative estimate of drug-likeness (QED) is 0.677. The summed E-state index contributed by atoms with van der Waals surface area (Å²) in [5.41, 5.74) is 3.99. The molecule has 1 aliphatic heterocycles. The second-order valence-electron chi connectivity index (χ2n) is 7.63. The zero-order valence-electron chi connectivity index (χ0n) is 17.3. The minimum Gasteiger partial charge on any atom is -0.490 e. The Bertz CT molecular complexity index is 1160. The molecule has 0 unspecified atom stereocenters. The topological polar surface area (TPSA) is 112 Å². The number of hydrogen-bond donors (Lipinski definition) is 1. The van der Waals surface area contributed by atoms with Gasteiger partial charge in [-0.3, -0.25) is 0 Å². The van der Waals surface area contributed by atoms with Gasteiger partial charge < -0.3 is 19.3 Å². The predicted molar refractivity (Wildman–Crippen MR) is 113 cm³/mol. The number of ether oxygens (including phenoxy) is 1. The summed E-state index contributed by atoms with van der Waals surface area (Å²) in [6, 6.07) is 13.2. The lowest BCUT2D eigenvalue weighted by Gasteiger charge is -2.15. The fraction of sp³-hybridized carbons (Fsp3) is 0.304. The monoisotopic (exact) mass is 418 g/mol. The van der Waals surface area contributed by atoms with Crippen molar-refractivity contribution in [1.82, 2.24) is 15.0 Å². The second-order valence-corrected chi connectivity index (χ2v) is 7.63. The molecule has 1 aromatic heterocycles.